The number of imide groups is 1. The van der Waals surface area contributed by atoms with Gasteiger partial charge in [0.2, 0.25) is 5.75 Å². The molecule has 0 saturated carbocycles. The second kappa shape index (κ2) is 10.1. The number of nitrogens with one attached hydrogen (secondary N) is 2. The summed E-state index contributed by atoms with van der Waals surface area (Å²) < 4.78 is 20.8. The third-order valence-electron chi connectivity index (χ3n) is 7.49. The van der Waals surface area contributed by atoms with Crippen molar-refractivity contribution in [3.8, 4) is 17.2 Å². The van der Waals surface area contributed by atoms with Gasteiger partial charge in [0.1, 0.15) is 5.82 Å². The van der Waals surface area contributed by atoms with Crippen molar-refractivity contribution in [3.63, 3.8) is 0 Å². The number of nitrogens with zero attached hydrogens (tertiary/aromatic N) is 2. The van der Waals surface area contributed by atoms with Crippen molar-refractivity contribution >= 4 is 23.4 Å². The molecule has 1 unspecified atom stereocenters. The number of hydrogen-bond donors (Lipinski definition) is 9. The molecule has 3 amide bonds. The van der Waals surface area contributed by atoms with Crippen LogP contribution in [0.4, 0.5) is 10.1 Å². The summed E-state index contributed by atoms with van der Waals surface area (Å²) in [7, 11) is 0. The van der Waals surface area contributed by atoms with E-state index in [1.54, 1.807) is 10.2 Å². The van der Waals surface area contributed by atoms with E-state index < -0.39 is 71.5 Å². The van der Waals surface area contributed by atoms with Crippen LogP contribution in [-0.4, -0.2) is 107 Å². The number of hydrogen-bond acceptors (Lipinski definition) is 13. The van der Waals surface area contributed by atoms with E-state index in [9.17, 15) is 50.1 Å². The SMILES string of the molecule is O=C1NC(=O)C(O)(O)C(O)(O)C1N1Cc2c(NCc3c(O)c(O)c(O)c(CN4CCOCC4)c3F)cccc2C1=O. The molecule has 5 rings (SSSR count). The number of halogens is 1. The number of piperidine rings is 1. The van der Waals surface area contributed by atoms with Crippen LogP contribution in [0.2, 0.25) is 0 Å². The van der Waals surface area contributed by atoms with Gasteiger partial charge in [-0.05, 0) is 12.1 Å². The number of fused-ring (bicyclic) bond motifs is 1. The van der Waals surface area contributed by atoms with Gasteiger partial charge < -0.3 is 50.7 Å². The first-order valence-electron chi connectivity index (χ1n) is 12.4. The van der Waals surface area contributed by atoms with Gasteiger partial charge in [-0.2, -0.15) is 0 Å². The van der Waals surface area contributed by atoms with Crippen molar-refractivity contribution in [1.82, 2.24) is 15.1 Å². The van der Waals surface area contributed by atoms with E-state index in [0.29, 0.717) is 31.2 Å². The second-order valence-corrected chi connectivity index (χ2v) is 9.94. The Morgan fingerprint density at radius 3 is 2.34 bits per heavy atom. The average Bonchev–Trinajstić information content (AvgIpc) is 3.26. The predicted molar refractivity (Wildman–Crippen MR) is 132 cm³/mol. The Hall–Kier alpha value is -4.06. The van der Waals surface area contributed by atoms with E-state index in [1.807, 2.05) is 0 Å². The topological polar surface area (TPSA) is 233 Å². The first-order chi connectivity index (χ1) is 19.3. The Morgan fingerprint density at radius 2 is 1.66 bits per heavy atom. The molecule has 0 bridgehead atoms. The van der Waals surface area contributed by atoms with Crippen LogP contribution in [-0.2, 0) is 34.0 Å². The van der Waals surface area contributed by atoms with Crippen LogP contribution in [0.25, 0.3) is 0 Å². The molecule has 1 atom stereocenters. The number of rotatable bonds is 6. The standard InChI is InChI=1S/C25H27FN4O11/c26-16-12(17(31)19(33)18(32)14(16)9-29-4-6-41-7-5-29)8-27-15-3-1-2-11-13(15)10-30(22(11)35)20-21(34)28-23(36)25(39,40)24(20,37)38/h1-3,20,27,31-33,37-40H,4-10H2,(H,28,34,36). The van der Waals surface area contributed by atoms with Crippen LogP contribution in [0.1, 0.15) is 27.0 Å². The largest absolute Gasteiger partial charge is 0.504 e. The summed E-state index contributed by atoms with van der Waals surface area (Å²) in [6.07, 6.45) is 0. The molecule has 2 fully saturated rings. The lowest BCUT2D eigenvalue weighted by Crippen LogP contribution is -2.79. The lowest BCUT2D eigenvalue weighted by Gasteiger charge is -2.44. The smallest absolute Gasteiger partial charge is 0.303 e. The summed E-state index contributed by atoms with van der Waals surface area (Å²) in [6, 6.07) is 1.94. The van der Waals surface area contributed by atoms with Gasteiger partial charge in [-0.3, -0.25) is 24.6 Å². The molecule has 0 spiro atoms. The van der Waals surface area contributed by atoms with E-state index >= 15 is 4.39 Å². The molecule has 2 aromatic carbocycles. The highest BCUT2D eigenvalue weighted by molar-refractivity contribution is 6.08. The van der Waals surface area contributed by atoms with Gasteiger partial charge in [0, 0.05) is 55.1 Å². The molecule has 2 aromatic rings. The number of anilines is 1. The Kier molecular flexibility index (Phi) is 7.01. The number of phenols is 3. The highest BCUT2D eigenvalue weighted by Crippen LogP contribution is 2.44. The van der Waals surface area contributed by atoms with Crippen LogP contribution in [0.15, 0.2) is 18.2 Å². The zero-order valence-corrected chi connectivity index (χ0v) is 21.3. The maximum atomic E-state index is 15.5. The number of phenolic OH excluding ortho intramolecular Hbond substituents is 3. The number of amides is 3. The molecule has 3 aliphatic heterocycles. The molecule has 41 heavy (non-hydrogen) atoms. The Morgan fingerprint density at radius 1 is 1.00 bits per heavy atom. The predicted octanol–water partition coefficient (Wildman–Crippen LogP) is -2.27. The van der Waals surface area contributed by atoms with Crippen molar-refractivity contribution in [2.75, 3.05) is 31.6 Å². The van der Waals surface area contributed by atoms with Crippen molar-refractivity contribution in [1.29, 1.82) is 0 Å². The van der Waals surface area contributed by atoms with E-state index in [2.05, 4.69) is 5.32 Å². The summed E-state index contributed by atoms with van der Waals surface area (Å²) in [5.74, 6) is -15.3. The summed E-state index contributed by atoms with van der Waals surface area (Å²) in [4.78, 5) is 39.8. The number of aromatic hydroxyl groups is 3. The third-order valence-corrected chi connectivity index (χ3v) is 7.49. The first-order valence-corrected chi connectivity index (χ1v) is 12.4. The summed E-state index contributed by atoms with van der Waals surface area (Å²) in [5.41, 5.74) is -0.274. The number of morpholine rings is 1. The lowest BCUT2D eigenvalue weighted by atomic mass is 9.90. The highest BCUT2D eigenvalue weighted by Gasteiger charge is 2.67. The zero-order valence-electron chi connectivity index (χ0n) is 21.3. The van der Waals surface area contributed by atoms with Gasteiger partial charge in [-0.25, -0.2) is 4.39 Å². The van der Waals surface area contributed by atoms with Crippen LogP contribution in [0, 0.1) is 5.82 Å². The second-order valence-electron chi connectivity index (χ2n) is 9.94. The van der Waals surface area contributed by atoms with Crippen molar-refractivity contribution in [3.05, 3.63) is 46.3 Å². The van der Waals surface area contributed by atoms with Crippen LogP contribution < -0.4 is 10.6 Å². The van der Waals surface area contributed by atoms with Gasteiger partial charge in [0.05, 0.1) is 18.8 Å². The minimum atomic E-state index is -3.82. The maximum Gasteiger partial charge on any atom is 0.303 e. The molecule has 3 aliphatic rings. The van der Waals surface area contributed by atoms with Gasteiger partial charge >= 0.3 is 5.79 Å². The number of aliphatic hydroxyl groups is 4. The number of benzene rings is 2. The normalized spacial score (nSPS) is 22.0. The minimum absolute atomic E-state index is 0.0248. The fourth-order valence-corrected chi connectivity index (χ4v) is 5.16. The molecule has 0 aliphatic carbocycles. The van der Waals surface area contributed by atoms with E-state index in [1.165, 1.54) is 18.2 Å². The fourth-order valence-electron chi connectivity index (χ4n) is 5.16. The molecule has 9 N–H and O–H groups in total. The number of ether oxygens (including phenoxy) is 1. The Bertz CT molecular complexity index is 1440. The van der Waals surface area contributed by atoms with Crippen LogP contribution >= 0.6 is 0 Å². The summed E-state index contributed by atoms with van der Waals surface area (Å²) in [5, 5.41) is 76.1. The Balaban J connectivity index is 1.42. The van der Waals surface area contributed by atoms with Crippen LogP contribution in [0.5, 0.6) is 17.2 Å². The highest BCUT2D eigenvalue weighted by atomic mass is 19.1. The Labute approximate surface area is 230 Å². The molecule has 15 nitrogen and oxygen atoms in total. The molecular formula is C25H27FN4O11. The monoisotopic (exact) mass is 578 g/mol. The maximum absolute atomic E-state index is 15.5. The summed E-state index contributed by atoms with van der Waals surface area (Å²) in [6.45, 7) is 0.737. The van der Waals surface area contributed by atoms with Gasteiger partial charge in [0.15, 0.2) is 17.5 Å². The molecule has 220 valence electrons. The molecule has 16 heteroatoms. The van der Waals surface area contributed by atoms with Crippen molar-refractivity contribution in [2.45, 2.75) is 37.3 Å². The zero-order chi connectivity index (χ0) is 29.9. The molecule has 0 radical (unpaired) electrons. The lowest BCUT2D eigenvalue weighted by molar-refractivity contribution is -0.355. The van der Waals surface area contributed by atoms with Crippen molar-refractivity contribution in [2.24, 2.45) is 0 Å². The summed E-state index contributed by atoms with van der Waals surface area (Å²) >= 11 is 0. The third kappa shape index (κ3) is 4.50. The quantitative estimate of drug-likeness (QED) is 0.100. The van der Waals surface area contributed by atoms with Gasteiger partial charge in [-0.1, -0.05) is 6.07 Å². The molecule has 2 saturated heterocycles. The average molecular weight is 579 g/mol. The van der Waals surface area contributed by atoms with Gasteiger partial charge in [0.25, 0.3) is 23.5 Å². The minimum Gasteiger partial charge on any atom is -0.504 e. The van der Waals surface area contributed by atoms with Crippen molar-refractivity contribution < 1.29 is 59.3 Å². The molecule has 3 heterocycles. The number of carbonyl (C=O) groups excluding carboxylic acids is 3. The molecule has 0 aromatic heterocycles. The van der Waals surface area contributed by atoms with E-state index in [-0.39, 0.29) is 34.5 Å². The first kappa shape index (κ1) is 28.5. The number of carbonyl (C=O) groups is 3. The fraction of sp³-hybridized carbons (Fsp3) is 0.400. The van der Waals surface area contributed by atoms with E-state index in [0.717, 1.165) is 0 Å². The van der Waals surface area contributed by atoms with E-state index in [4.69, 9.17) is 4.74 Å². The van der Waals surface area contributed by atoms with Crippen LogP contribution in [0.3, 0.4) is 0 Å². The molecular weight excluding hydrogens is 551 g/mol. The van der Waals surface area contributed by atoms with Gasteiger partial charge in [-0.15, -0.1) is 0 Å².